The first-order valence-electron chi connectivity index (χ1n) is 8.40. The van der Waals surface area contributed by atoms with Gasteiger partial charge in [-0.25, -0.2) is 9.37 Å². The van der Waals surface area contributed by atoms with Gasteiger partial charge in [0, 0.05) is 30.9 Å². The average Bonchev–Trinajstić information content (AvgIpc) is 3.08. The van der Waals surface area contributed by atoms with Gasteiger partial charge in [-0.15, -0.1) is 0 Å². The van der Waals surface area contributed by atoms with Gasteiger partial charge in [0.15, 0.2) is 0 Å². The van der Waals surface area contributed by atoms with Gasteiger partial charge in [-0.1, -0.05) is 23.2 Å². The minimum Gasteiger partial charge on any atom is -0.346 e. The highest BCUT2D eigenvalue weighted by molar-refractivity contribution is 6.36. The lowest BCUT2D eigenvalue weighted by Gasteiger charge is -2.32. The molecule has 0 unspecified atom stereocenters. The van der Waals surface area contributed by atoms with Gasteiger partial charge in [0.25, 0.3) is 5.91 Å². The number of amides is 1. The monoisotopic (exact) mass is 391 g/mol. The Labute approximate surface area is 159 Å². The second-order valence-electron chi connectivity index (χ2n) is 6.46. The third kappa shape index (κ3) is 3.06. The number of aromatic nitrogens is 2. The Morgan fingerprint density at radius 3 is 2.77 bits per heavy atom. The van der Waals surface area contributed by atoms with Crippen molar-refractivity contribution in [2.75, 3.05) is 13.1 Å². The highest BCUT2D eigenvalue weighted by Gasteiger charge is 2.27. The van der Waals surface area contributed by atoms with Crippen LogP contribution in [0, 0.1) is 5.82 Å². The van der Waals surface area contributed by atoms with E-state index in [1.54, 1.807) is 11.1 Å². The lowest BCUT2D eigenvalue weighted by molar-refractivity contribution is 0.0713. The summed E-state index contributed by atoms with van der Waals surface area (Å²) in [5.74, 6) is -0.542. The zero-order valence-electron chi connectivity index (χ0n) is 13.8. The summed E-state index contributed by atoms with van der Waals surface area (Å²) in [5.41, 5.74) is 2.27. The largest absolute Gasteiger partial charge is 0.346 e. The van der Waals surface area contributed by atoms with Crippen LogP contribution < -0.4 is 0 Å². The number of piperidine rings is 1. The molecule has 1 N–H and O–H groups in total. The molecule has 1 fully saturated rings. The zero-order valence-corrected chi connectivity index (χ0v) is 15.3. The molecule has 1 aliphatic heterocycles. The molecule has 0 radical (unpaired) electrons. The first-order chi connectivity index (χ1) is 12.5. The van der Waals surface area contributed by atoms with E-state index >= 15 is 0 Å². The number of carbonyl (C=O) groups is 1. The predicted octanol–water partition coefficient (Wildman–Crippen LogP) is 5.03. The van der Waals surface area contributed by atoms with Gasteiger partial charge in [-0.2, -0.15) is 0 Å². The molecule has 7 heteroatoms. The van der Waals surface area contributed by atoms with Gasteiger partial charge >= 0.3 is 0 Å². The summed E-state index contributed by atoms with van der Waals surface area (Å²) in [6.07, 6.45) is 5.44. The molecule has 4 rings (SSSR count). The Morgan fingerprint density at radius 1 is 1.23 bits per heavy atom. The Morgan fingerprint density at radius 2 is 2.00 bits per heavy atom. The average molecular weight is 392 g/mol. The van der Waals surface area contributed by atoms with Crippen LogP contribution in [0.1, 0.15) is 34.7 Å². The molecule has 1 aliphatic rings. The number of hydrogen-bond donors (Lipinski definition) is 1. The second-order valence-corrected chi connectivity index (χ2v) is 7.27. The van der Waals surface area contributed by atoms with E-state index in [1.165, 1.54) is 11.6 Å². The van der Waals surface area contributed by atoms with E-state index in [1.807, 2.05) is 12.3 Å². The van der Waals surface area contributed by atoms with Crippen LogP contribution in [0.4, 0.5) is 4.39 Å². The van der Waals surface area contributed by atoms with Gasteiger partial charge in [-0.3, -0.25) is 4.79 Å². The van der Waals surface area contributed by atoms with E-state index in [2.05, 4.69) is 16.0 Å². The number of pyridine rings is 1. The Kier molecular flexibility index (Phi) is 4.59. The summed E-state index contributed by atoms with van der Waals surface area (Å²) < 4.78 is 13.7. The topological polar surface area (TPSA) is 49.0 Å². The summed E-state index contributed by atoms with van der Waals surface area (Å²) >= 11 is 11.8. The van der Waals surface area contributed by atoms with Crippen LogP contribution in [0.15, 0.2) is 36.7 Å². The van der Waals surface area contributed by atoms with E-state index in [0.717, 1.165) is 29.9 Å². The lowest BCUT2D eigenvalue weighted by Crippen LogP contribution is -2.38. The van der Waals surface area contributed by atoms with Crippen LogP contribution in [0.2, 0.25) is 10.0 Å². The molecule has 4 nitrogen and oxygen atoms in total. The van der Waals surface area contributed by atoms with Gasteiger partial charge < -0.3 is 9.88 Å². The van der Waals surface area contributed by atoms with E-state index in [-0.39, 0.29) is 21.5 Å². The fourth-order valence-corrected chi connectivity index (χ4v) is 4.03. The minimum atomic E-state index is -0.638. The van der Waals surface area contributed by atoms with Gasteiger partial charge in [0.05, 0.1) is 15.6 Å². The first kappa shape index (κ1) is 17.3. The summed E-state index contributed by atoms with van der Waals surface area (Å²) in [5, 5.41) is 1.21. The van der Waals surface area contributed by atoms with Crippen molar-refractivity contribution in [3.8, 4) is 0 Å². The molecule has 0 bridgehead atoms. The number of halogens is 3. The molecular weight excluding hydrogens is 376 g/mol. The number of H-pyrrole nitrogens is 1. The van der Waals surface area contributed by atoms with Crippen molar-refractivity contribution in [3.05, 3.63) is 63.6 Å². The Balaban J connectivity index is 1.50. The van der Waals surface area contributed by atoms with E-state index in [0.29, 0.717) is 19.0 Å². The molecule has 1 amide bonds. The normalized spacial score (nSPS) is 15.6. The highest BCUT2D eigenvalue weighted by atomic mass is 35.5. The molecule has 0 atom stereocenters. The second kappa shape index (κ2) is 6.89. The third-order valence-corrected chi connectivity index (χ3v) is 5.55. The van der Waals surface area contributed by atoms with Crippen LogP contribution in [0.25, 0.3) is 11.0 Å². The molecule has 2 aromatic heterocycles. The predicted molar refractivity (Wildman–Crippen MR) is 100 cm³/mol. The van der Waals surface area contributed by atoms with Crippen LogP contribution in [-0.2, 0) is 0 Å². The van der Waals surface area contributed by atoms with E-state index in [4.69, 9.17) is 23.2 Å². The number of rotatable bonds is 2. The van der Waals surface area contributed by atoms with Crippen LogP contribution in [0.3, 0.4) is 0 Å². The molecule has 1 saturated heterocycles. The van der Waals surface area contributed by atoms with Crippen molar-refractivity contribution >= 4 is 40.1 Å². The van der Waals surface area contributed by atoms with Crippen molar-refractivity contribution in [3.63, 3.8) is 0 Å². The SMILES string of the molecule is O=C(c1cc(F)c(Cl)cc1Cl)N1CCC(c2c[nH]c3ncccc23)CC1. The van der Waals surface area contributed by atoms with Crippen LogP contribution in [-0.4, -0.2) is 33.9 Å². The van der Waals surface area contributed by atoms with Crippen molar-refractivity contribution in [1.82, 2.24) is 14.9 Å². The number of fused-ring (bicyclic) bond motifs is 1. The fourth-order valence-electron chi connectivity index (χ4n) is 3.57. The van der Waals surface area contributed by atoms with E-state index in [9.17, 15) is 9.18 Å². The van der Waals surface area contributed by atoms with E-state index < -0.39 is 5.82 Å². The molecule has 0 spiro atoms. The number of benzene rings is 1. The van der Waals surface area contributed by atoms with Crippen molar-refractivity contribution in [1.29, 1.82) is 0 Å². The standard InChI is InChI=1S/C19H16Cl2FN3O/c20-15-9-16(21)17(22)8-13(15)19(26)25-6-3-11(4-7-25)14-10-24-18-12(14)2-1-5-23-18/h1-2,5,8-11H,3-4,6-7H2,(H,23,24). The van der Waals surface area contributed by atoms with Crippen molar-refractivity contribution in [2.45, 2.75) is 18.8 Å². The number of nitrogens with zero attached hydrogens (tertiary/aromatic N) is 2. The quantitative estimate of drug-likeness (QED) is 0.622. The first-order valence-corrected chi connectivity index (χ1v) is 9.16. The number of hydrogen-bond acceptors (Lipinski definition) is 2. The molecule has 3 aromatic rings. The number of aromatic amines is 1. The van der Waals surface area contributed by atoms with Crippen LogP contribution >= 0.6 is 23.2 Å². The maximum atomic E-state index is 13.7. The highest BCUT2D eigenvalue weighted by Crippen LogP contribution is 2.33. The molecule has 26 heavy (non-hydrogen) atoms. The summed E-state index contributed by atoms with van der Waals surface area (Å²) in [6.45, 7) is 1.19. The van der Waals surface area contributed by atoms with Gasteiger partial charge in [0.1, 0.15) is 11.5 Å². The summed E-state index contributed by atoms with van der Waals surface area (Å²) in [6, 6.07) is 6.37. The third-order valence-electron chi connectivity index (χ3n) is 4.95. The van der Waals surface area contributed by atoms with Crippen molar-refractivity contribution in [2.24, 2.45) is 0 Å². The molecule has 0 aliphatic carbocycles. The summed E-state index contributed by atoms with van der Waals surface area (Å²) in [7, 11) is 0. The maximum absolute atomic E-state index is 13.7. The zero-order chi connectivity index (χ0) is 18.3. The summed E-state index contributed by atoms with van der Waals surface area (Å²) in [4.78, 5) is 22.0. The molecular formula is C19H16Cl2FN3O. The molecule has 0 saturated carbocycles. The fraction of sp³-hybridized carbons (Fsp3) is 0.263. The molecule has 1 aromatic carbocycles. The number of likely N-dealkylation sites (tertiary alicyclic amines) is 1. The smallest absolute Gasteiger partial charge is 0.255 e. The minimum absolute atomic E-state index is 0.0850. The van der Waals surface area contributed by atoms with Crippen LogP contribution in [0.5, 0.6) is 0 Å². The Bertz CT molecular complexity index is 980. The van der Waals surface area contributed by atoms with Gasteiger partial charge in [0.2, 0.25) is 0 Å². The maximum Gasteiger partial charge on any atom is 0.255 e. The number of nitrogens with one attached hydrogen (secondary N) is 1. The van der Waals surface area contributed by atoms with Crippen molar-refractivity contribution < 1.29 is 9.18 Å². The van der Waals surface area contributed by atoms with Gasteiger partial charge in [-0.05, 0) is 48.6 Å². The molecule has 3 heterocycles. The Hall–Kier alpha value is -2.11. The lowest BCUT2D eigenvalue weighted by atomic mass is 9.89. The number of carbonyl (C=O) groups excluding carboxylic acids is 1. The molecule has 134 valence electrons.